The molecule has 0 unspecified atom stereocenters. The highest BCUT2D eigenvalue weighted by Gasteiger charge is 2.31. The van der Waals surface area contributed by atoms with Crippen molar-refractivity contribution in [1.82, 2.24) is 15.5 Å². The van der Waals surface area contributed by atoms with E-state index in [4.69, 9.17) is 9.26 Å². The highest BCUT2D eigenvalue weighted by Crippen LogP contribution is 2.31. The van der Waals surface area contributed by atoms with Crippen molar-refractivity contribution >= 4 is 11.9 Å². The molecule has 1 N–H and O–H groups in total. The molecule has 3 aromatic rings. The number of benzene rings is 2. The lowest BCUT2D eigenvalue weighted by atomic mass is 10.1. The second-order valence-corrected chi connectivity index (χ2v) is 6.20. The largest absolute Gasteiger partial charge is 0.467 e. The first kappa shape index (κ1) is 21.0. The third-order valence-corrected chi connectivity index (χ3v) is 4.10. The molecule has 0 spiro atoms. The van der Waals surface area contributed by atoms with E-state index in [2.05, 4.69) is 15.5 Å². The van der Waals surface area contributed by atoms with Crippen LogP contribution in [0.2, 0.25) is 0 Å². The zero-order valence-corrected chi connectivity index (χ0v) is 15.6. The molecule has 0 bridgehead atoms. The van der Waals surface area contributed by atoms with Crippen LogP contribution in [0, 0.1) is 0 Å². The monoisotopic (exact) mass is 419 g/mol. The number of aromatic nitrogens is 2. The van der Waals surface area contributed by atoms with Crippen LogP contribution in [0.15, 0.2) is 59.1 Å². The number of hydrogen-bond donors (Lipinski definition) is 1. The lowest BCUT2D eigenvalue weighted by Gasteiger charge is -2.16. The zero-order valence-electron chi connectivity index (χ0n) is 15.6. The van der Waals surface area contributed by atoms with Crippen molar-refractivity contribution in [2.45, 2.75) is 18.6 Å². The van der Waals surface area contributed by atoms with E-state index in [9.17, 15) is 22.8 Å². The van der Waals surface area contributed by atoms with Gasteiger partial charge in [0, 0.05) is 5.56 Å². The molecule has 156 valence electrons. The number of carbonyl (C=O) groups is 2. The van der Waals surface area contributed by atoms with Gasteiger partial charge in [0.05, 0.1) is 12.7 Å². The minimum absolute atomic E-state index is 0.0866. The van der Waals surface area contributed by atoms with Crippen LogP contribution in [-0.2, 0) is 26.9 Å². The fourth-order valence-corrected chi connectivity index (χ4v) is 2.67. The topological polar surface area (TPSA) is 94.3 Å². The van der Waals surface area contributed by atoms with Gasteiger partial charge in [-0.15, -0.1) is 0 Å². The summed E-state index contributed by atoms with van der Waals surface area (Å²) in [6.45, 7) is 0. The Kier molecular flexibility index (Phi) is 6.14. The van der Waals surface area contributed by atoms with Crippen LogP contribution in [-0.4, -0.2) is 29.1 Å². The van der Waals surface area contributed by atoms with Gasteiger partial charge in [-0.1, -0.05) is 47.6 Å². The summed E-state index contributed by atoms with van der Waals surface area (Å²) < 4.78 is 48.3. The SMILES string of the molecule is COC(=O)[C@@H](NC(=O)Cc1nc(-c2cccc(C(F)(F)F)c2)no1)c1ccccc1. The minimum Gasteiger partial charge on any atom is -0.467 e. The summed E-state index contributed by atoms with van der Waals surface area (Å²) in [4.78, 5) is 28.3. The highest BCUT2D eigenvalue weighted by molar-refractivity contribution is 5.86. The van der Waals surface area contributed by atoms with E-state index in [0.717, 1.165) is 12.1 Å². The molecule has 0 saturated heterocycles. The Morgan fingerprint density at radius 3 is 2.53 bits per heavy atom. The predicted molar refractivity (Wildman–Crippen MR) is 97.8 cm³/mol. The predicted octanol–water partition coefficient (Wildman–Crippen LogP) is 3.33. The number of alkyl halides is 3. The van der Waals surface area contributed by atoms with Gasteiger partial charge in [-0.05, 0) is 17.7 Å². The Hall–Kier alpha value is -3.69. The molecule has 1 heterocycles. The number of methoxy groups -OCH3 is 1. The standard InChI is InChI=1S/C20H16F3N3O4/c1-29-19(28)17(12-6-3-2-4-7-12)24-15(27)11-16-25-18(26-30-16)13-8-5-9-14(10-13)20(21,22)23/h2-10,17H,11H2,1H3,(H,24,27)/t17-/m0/s1. The van der Waals surface area contributed by atoms with Crippen LogP contribution in [0.3, 0.4) is 0 Å². The minimum atomic E-state index is -4.51. The second kappa shape index (κ2) is 8.76. The van der Waals surface area contributed by atoms with Crippen LogP contribution in [0.1, 0.15) is 23.1 Å². The molecule has 0 radical (unpaired) electrons. The van der Waals surface area contributed by atoms with E-state index in [1.165, 1.54) is 19.2 Å². The first-order chi connectivity index (χ1) is 14.3. The number of rotatable bonds is 6. The molecule has 0 aliphatic rings. The van der Waals surface area contributed by atoms with Crippen LogP contribution in [0.4, 0.5) is 13.2 Å². The third kappa shape index (κ3) is 5.02. The van der Waals surface area contributed by atoms with Crippen LogP contribution < -0.4 is 5.32 Å². The molecule has 1 atom stereocenters. The number of esters is 1. The Bertz CT molecular complexity index is 1040. The van der Waals surface area contributed by atoms with Gasteiger partial charge < -0.3 is 14.6 Å². The lowest BCUT2D eigenvalue weighted by molar-refractivity contribution is -0.145. The fourth-order valence-electron chi connectivity index (χ4n) is 2.67. The molecule has 0 fully saturated rings. The molecule has 0 aliphatic carbocycles. The van der Waals surface area contributed by atoms with Gasteiger partial charge in [0.25, 0.3) is 0 Å². The number of halogens is 3. The molecule has 3 rings (SSSR count). The van der Waals surface area contributed by atoms with Gasteiger partial charge in [0.2, 0.25) is 17.6 Å². The summed E-state index contributed by atoms with van der Waals surface area (Å²) in [5, 5.41) is 6.15. The molecule has 10 heteroatoms. The summed E-state index contributed by atoms with van der Waals surface area (Å²) in [5.74, 6) is -1.47. The van der Waals surface area contributed by atoms with Gasteiger partial charge in [0.1, 0.15) is 6.42 Å². The number of nitrogens with one attached hydrogen (secondary N) is 1. The molecule has 1 aromatic heterocycles. The maximum absolute atomic E-state index is 12.9. The van der Waals surface area contributed by atoms with Crippen LogP contribution >= 0.6 is 0 Å². The molecule has 2 aromatic carbocycles. The number of hydrogen-bond acceptors (Lipinski definition) is 6. The maximum atomic E-state index is 12.9. The summed E-state index contributed by atoms with van der Waals surface area (Å²) in [6, 6.07) is 11.9. The molecule has 1 amide bonds. The van der Waals surface area contributed by atoms with E-state index in [0.29, 0.717) is 5.56 Å². The van der Waals surface area contributed by atoms with Crippen molar-refractivity contribution in [2.24, 2.45) is 0 Å². The van der Waals surface area contributed by atoms with E-state index in [1.54, 1.807) is 30.3 Å². The zero-order chi connectivity index (χ0) is 21.7. The van der Waals surface area contributed by atoms with Gasteiger partial charge in [-0.25, -0.2) is 4.79 Å². The van der Waals surface area contributed by atoms with Crippen LogP contribution in [0.25, 0.3) is 11.4 Å². The van der Waals surface area contributed by atoms with Gasteiger partial charge >= 0.3 is 12.1 Å². The average Bonchev–Trinajstić information content (AvgIpc) is 3.20. The maximum Gasteiger partial charge on any atom is 0.416 e. The number of nitrogens with zero attached hydrogens (tertiary/aromatic N) is 2. The summed E-state index contributed by atoms with van der Waals surface area (Å²) in [6.07, 6.45) is -4.88. The smallest absolute Gasteiger partial charge is 0.416 e. The van der Waals surface area contributed by atoms with Crippen LogP contribution in [0.5, 0.6) is 0 Å². The molecular formula is C20H16F3N3O4. The van der Waals surface area contributed by atoms with Crippen molar-refractivity contribution in [3.8, 4) is 11.4 Å². The quantitative estimate of drug-likeness (QED) is 0.616. The van der Waals surface area contributed by atoms with Crippen molar-refractivity contribution in [3.63, 3.8) is 0 Å². The number of amides is 1. The summed E-state index contributed by atoms with van der Waals surface area (Å²) in [5.41, 5.74) is -0.238. The van der Waals surface area contributed by atoms with E-state index < -0.39 is 29.7 Å². The Morgan fingerprint density at radius 2 is 1.87 bits per heavy atom. The third-order valence-electron chi connectivity index (χ3n) is 4.10. The molecule has 0 saturated carbocycles. The second-order valence-electron chi connectivity index (χ2n) is 6.20. The lowest BCUT2D eigenvalue weighted by Crippen LogP contribution is -2.35. The van der Waals surface area contributed by atoms with Gasteiger partial charge in [-0.2, -0.15) is 18.2 Å². The number of carbonyl (C=O) groups excluding carboxylic acids is 2. The van der Waals surface area contributed by atoms with Gasteiger partial charge in [0.15, 0.2) is 6.04 Å². The fraction of sp³-hybridized carbons (Fsp3) is 0.200. The molecule has 0 aliphatic heterocycles. The number of ether oxygens (including phenoxy) is 1. The van der Waals surface area contributed by atoms with E-state index in [1.807, 2.05) is 0 Å². The van der Waals surface area contributed by atoms with Crippen molar-refractivity contribution in [1.29, 1.82) is 0 Å². The van der Waals surface area contributed by atoms with Crippen molar-refractivity contribution in [3.05, 3.63) is 71.6 Å². The van der Waals surface area contributed by atoms with Crippen molar-refractivity contribution in [2.75, 3.05) is 7.11 Å². The Balaban J connectivity index is 1.72. The normalized spacial score (nSPS) is 12.3. The summed E-state index contributed by atoms with van der Waals surface area (Å²) >= 11 is 0. The van der Waals surface area contributed by atoms with E-state index in [-0.39, 0.29) is 23.7 Å². The summed E-state index contributed by atoms with van der Waals surface area (Å²) in [7, 11) is 1.20. The van der Waals surface area contributed by atoms with Gasteiger partial charge in [-0.3, -0.25) is 4.79 Å². The average molecular weight is 419 g/mol. The molecular weight excluding hydrogens is 403 g/mol. The van der Waals surface area contributed by atoms with Crippen molar-refractivity contribution < 1.29 is 32.0 Å². The van der Waals surface area contributed by atoms with E-state index >= 15 is 0 Å². The molecule has 30 heavy (non-hydrogen) atoms. The first-order valence-corrected chi connectivity index (χ1v) is 8.70. The Labute approximate surface area is 168 Å². The molecule has 7 nitrogen and oxygen atoms in total. The Morgan fingerprint density at radius 1 is 1.13 bits per heavy atom. The highest BCUT2D eigenvalue weighted by atomic mass is 19.4. The first-order valence-electron chi connectivity index (χ1n) is 8.70.